The SMILES string of the molecule is O=C(O)C1CC(Oc2ccc(-c3ccc(-c4nc5ncc(Cl)cc5[nH]4)c(F)c3)cn2)C1. The van der Waals surface area contributed by atoms with Gasteiger partial charge in [-0.2, -0.15) is 0 Å². The number of carboxylic acid groups (broad SMARTS) is 1. The Morgan fingerprint density at radius 1 is 1.13 bits per heavy atom. The summed E-state index contributed by atoms with van der Waals surface area (Å²) in [7, 11) is 0. The molecular weight excluding hydrogens is 423 g/mol. The average molecular weight is 439 g/mol. The van der Waals surface area contributed by atoms with E-state index >= 15 is 0 Å². The molecule has 0 amide bonds. The summed E-state index contributed by atoms with van der Waals surface area (Å²) in [5, 5.41) is 9.40. The highest BCUT2D eigenvalue weighted by atomic mass is 35.5. The third-order valence-corrected chi connectivity index (χ3v) is 5.54. The number of imidazole rings is 1. The van der Waals surface area contributed by atoms with Gasteiger partial charge in [-0.3, -0.25) is 4.79 Å². The molecule has 2 N–H and O–H groups in total. The number of benzene rings is 1. The normalized spacial score (nSPS) is 18.0. The van der Waals surface area contributed by atoms with Crippen LogP contribution < -0.4 is 4.74 Å². The number of hydrogen-bond acceptors (Lipinski definition) is 5. The van der Waals surface area contributed by atoms with Gasteiger partial charge in [-0.25, -0.2) is 19.3 Å². The molecular formula is C22H16ClFN4O3. The van der Waals surface area contributed by atoms with Gasteiger partial charge < -0.3 is 14.8 Å². The van der Waals surface area contributed by atoms with E-state index in [9.17, 15) is 9.18 Å². The number of halogens is 2. The number of nitrogens with one attached hydrogen (secondary N) is 1. The highest BCUT2D eigenvalue weighted by Gasteiger charge is 2.36. The van der Waals surface area contributed by atoms with E-state index in [0.717, 1.165) is 5.56 Å². The number of carboxylic acids is 1. The van der Waals surface area contributed by atoms with Crippen LogP contribution in [0.5, 0.6) is 5.88 Å². The number of aromatic nitrogens is 4. The van der Waals surface area contributed by atoms with Crippen LogP contribution in [0.2, 0.25) is 5.02 Å². The molecule has 0 bridgehead atoms. The number of nitrogens with zero attached hydrogens (tertiary/aromatic N) is 3. The lowest BCUT2D eigenvalue weighted by molar-refractivity contribution is -0.148. The largest absolute Gasteiger partial charge is 0.481 e. The maximum absolute atomic E-state index is 14.8. The van der Waals surface area contributed by atoms with E-state index in [0.29, 0.717) is 51.9 Å². The number of aromatic amines is 1. The highest BCUT2D eigenvalue weighted by molar-refractivity contribution is 6.31. The van der Waals surface area contributed by atoms with Crippen molar-refractivity contribution in [1.29, 1.82) is 0 Å². The first-order valence-electron chi connectivity index (χ1n) is 9.63. The fourth-order valence-corrected chi connectivity index (χ4v) is 3.70. The van der Waals surface area contributed by atoms with Gasteiger partial charge in [-0.15, -0.1) is 0 Å². The Hall–Kier alpha value is -3.52. The second kappa shape index (κ2) is 7.63. The molecule has 3 heterocycles. The van der Waals surface area contributed by atoms with Crippen LogP contribution in [0, 0.1) is 11.7 Å². The van der Waals surface area contributed by atoms with Crippen LogP contribution in [0.4, 0.5) is 4.39 Å². The molecule has 4 aromatic rings. The molecule has 156 valence electrons. The molecule has 0 radical (unpaired) electrons. The van der Waals surface area contributed by atoms with Gasteiger partial charge in [-0.05, 0) is 42.7 Å². The van der Waals surface area contributed by atoms with Crippen molar-refractivity contribution in [3.63, 3.8) is 0 Å². The van der Waals surface area contributed by atoms with E-state index in [4.69, 9.17) is 21.4 Å². The molecule has 1 aliphatic carbocycles. The molecule has 9 heteroatoms. The van der Waals surface area contributed by atoms with Gasteiger partial charge in [0.05, 0.1) is 22.0 Å². The van der Waals surface area contributed by atoms with Crippen LogP contribution in [0.25, 0.3) is 33.7 Å². The lowest BCUT2D eigenvalue weighted by atomic mass is 9.82. The van der Waals surface area contributed by atoms with Crippen molar-refractivity contribution in [2.24, 2.45) is 5.92 Å². The fraction of sp³-hybridized carbons (Fsp3) is 0.182. The minimum absolute atomic E-state index is 0.135. The second-order valence-corrected chi connectivity index (χ2v) is 7.87. The maximum atomic E-state index is 14.8. The quantitative estimate of drug-likeness (QED) is 0.467. The number of aliphatic carboxylic acids is 1. The number of pyridine rings is 2. The summed E-state index contributed by atoms with van der Waals surface area (Å²) in [6.45, 7) is 0. The number of carbonyl (C=O) groups is 1. The van der Waals surface area contributed by atoms with Crippen molar-refractivity contribution in [1.82, 2.24) is 19.9 Å². The molecule has 1 aliphatic rings. The molecule has 0 saturated heterocycles. The Morgan fingerprint density at radius 3 is 2.65 bits per heavy atom. The molecule has 1 fully saturated rings. The maximum Gasteiger partial charge on any atom is 0.306 e. The zero-order chi connectivity index (χ0) is 21.5. The smallest absolute Gasteiger partial charge is 0.306 e. The van der Waals surface area contributed by atoms with Crippen molar-refractivity contribution >= 4 is 28.7 Å². The number of ether oxygens (including phenoxy) is 1. The Balaban J connectivity index is 1.33. The van der Waals surface area contributed by atoms with Gasteiger partial charge in [0.1, 0.15) is 17.7 Å². The molecule has 7 nitrogen and oxygen atoms in total. The average Bonchev–Trinajstić information content (AvgIpc) is 3.13. The van der Waals surface area contributed by atoms with E-state index in [1.807, 2.05) is 0 Å². The van der Waals surface area contributed by atoms with E-state index < -0.39 is 11.8 Å². The zero-order valence-electron chi connectivity index (χ0n) is 16.0. The Kier molecular flexibility index (Phi) is 4.78. The van der Waals surface area contributed by atoms with Crippen molar-refractivity contribution in [2.75, 3.05) is 0 Å². The molecule has 3 aromatic heterocycles. The van der Waals surface area contributed by atoms with Crippen LogP contribution in [-0.4, -0.2) is 37.1 Å². The van der Waals surface area contributed by atoms with Crippen LogP contribution in [0.15, 0.2) is 48.8 Å². The molecule has 5 rings (SSSR count). The number of H-pyrrole nitrogens is 1. The summed E-state index contributed by atoms with van der Waals surface area (Å²) in [6, 6.07) is 10.0. The topological polar surface area (TPSA) is 101 Å². The molecule has 1 aromatic carbocycles. The fourth-order valence-electron chi connectivity index (χ4n) is 3.54. The number of rotatable bonds is 5. The van der Waals surface area contributed by atoms with Gasteiger partial charge in [0.15, 0.2) is 5.65 Å². The second-order valence-electron chi connectivity index (χ2n) is 7.44. The third-order valence-electron chi connectivity index (χ3n) is 5.33. The van der Waals surface area contributed by atoms with Crippen molar-refractivity contribution in [2.45, 2.75) is 18.9 Å². The van der Waals surface area contributed by atoms with Crippen LogP contribution in [0.3, 0.4) is 0 Å². The van der Waals surface area contributed by atoms with E-state index in [2.05, 4.69) is 19.9 Å². The third kappa shape index (κ3) is 3.82. The van der Waals surface area contributed by atoms with E-state index in [1.54, 1.807) is 36.5 Å². The minimum atomic E-state index is -0.795. The van der Waals surface area contributed by atoms with Gasteiger partial charge >= 0.3 is 5.97 Å². The standard InChI is InChI=1S/C22H16ClFN4O3/c23-14-8-18-21(26-10-14)28-20(27-18)16-3-1-11(7-17(16)24)12-2-4-19(25-9-12)31-15-5-13(6-15)22(29)30/h1-4,7-10,13,15H,5-6H2,(H,29,30)(H,26,27,28). The molecule has 0 spiro atoms. The minimum Gasteiger partial charge on any atom is -0.481 e. The van der Waals surface area contributed by atoms with Gasteiger partial charge in [0.25, 0.3) is 0 Å². The molecule has 31 heavy (non-hydrogen) atoms. The lowest BCUT2D eigenvalue weighted by Crippen LogP contribution is -2.38. The van der Waals surface area contributed by atoms with Crippen LogP contribution in [0.1, 0.15) is 12.8 Å². The summed E-state index contributed by atoms with van der Waals surface area (Å²) in [6.07, 6.45) is 3.92. The number of hydrogen-bond donors (Lipinski definition) is 2. The van der Waals surface area contributed by atoms with Crippen molar-refractivity contribution in [3.05, 3.63) is 59.6 Å². The van der Waals surface area contributed by atoms with E-state index in [1.165, 1.54) is 12.3 Å². The monoisotopic (exact) mass is 438 g/mol. The summed E-state index contributed by atoms with van der Waals surface area (Å²) in [5.41, 5.74) is 2.81. The lowest BCUT2D eigenvalue weighted by Gasteiger charge is -2.31. The van der Waals surface area contributed by atoms with Crippen molar-refractivity contribution in [3.8, 4) is 28.4 Å². The highest BCUT2D eigenvalue weighted by Crippen LogP contribution is 2.32. The first-order chi connectivity index (χ1) is 15.0. The molecule has 0 aliphatic heterocycles. The summed E-state index contributed by atoms with van der Waals surface area (Å²) >= 11 is 5.94. The predicted molar refractivity (Wildman–Crippen MR) is 112 cm³/mol. The van der Waals surface area contributed by atoms with Gasteiger partial charge in [0.2, 0.25) is 5.88 Å². The first-order valence-corrected chi connectivity index (χ1v) is 10.0. The summed E-state index contributed by atoms with van der Waals surface area (Å²) in [5.74, 6) is -0.780. The number of fused-ring (bicyclic) bond motifs is 1. The predicted octanol–water partition coefficient (Wildman–Crippen LogP) is 4.72. The Labute approximate surface area is 180 Å². The Bertz CT molecular complexity index is 1290. The Morgan fingerprint density at radius 2 is 1.94 bits per heavy atom. The van der Waals surface area contributed by atoms with Gasteiger partial charge in [0, 0.05) is 24.0 Å². The van der Waals surface area contributed by atoms with E-state index in [-0.39, 0.29) is 12.0 Å². The molecule has 1 saturated carbocycles. The zero-order valence-corrected chi connectivity index (χ0v) is 16.8. The van der Waals surface area contributed by atoms with Gasteiger partial charge in [-0.1, -0.05) is 17.7 Å². The molecule has 0 atom stereocenters. The van der Waals surface area contributed by atoms with Crippen molar-refractivity contribution < 1.29 is 19.0 Å². The van der Waals surface area contributed by atoms with Crippen LogP contribution >= 0.6 is 11.6 Å². The summed E-state index contributed by atoms with van der Waals surface area (Å²) in [4.78, 5) is 26.6. The first kappa shape index (κ1) is 19.4. The van der Waals surface area contributed by atoms with Crippen LogP contribution in [-0.2, 0) is 4.79 Å². The molecule has 0 unspecified atom stereocenters. The summed E-state index contributed by atoms with van der Waals surface area (Å²) < 4.78 is 20.5.